The lowest BCUT2D eigenvalue weighted by Gasteiger charge is -2.50. The lowest BCUT2D eigenvalue weighted by Crippen LogP contribution is -2.65. The van der Waals surface area contributed by atoms with Crippen molar-refractivity contribution in [1.82, 2.24) is 10.2 Å². The van der Waals surface area contributed by atoms with Crippen molar-refractivity contribution in [1.29, 1.82) is 0 Å². The number of fused-ring (bicyclic) bond motifs is 3. The number of ketones is 1. The number of rotatable bonds is 7. The molecule has 5 aromatic rings. The number of hydrogen-bond donors (Lipinski definition) is 2. The Morgan fingerprint density at radius 3 is 2.15 bits per heavy atom. The molecule has 0 saturated carbocycles. The van der Waals surface area contributed by atoms with Crippen molar-refractivity contribution in [3.05, 3.63) is 178 Å². The summed E-state index contributed by atoms with van der Waals surface area (Å²) in [6.45, 7) is 4.33. The molecule has 4 atom stereocenters. The fourth-order valence-corrected chi connectivity index (χ4v) is 8.85. The van der Waals surface area contributed by atoms with Crippen molar-refractivity contribution < 1.29 is 27.5 Å². The number of amides is 1. The number of ether oxygens (including phenoxy) is 1. The highest BCUT2D eigenvalue weighted by Gasteiger charge is 2.75. The van der Waals surface area contributed by atoms with Gasteiger partial charge in [-0.3, -0.25) is 14.9 Å². The zero-order chi connectivity index (χ0) is 38.4. The van der Waals surface area contributed by atoms with Crippen molar-refractivity contribution in [2.45, 2.75) is 44.1 Å². The number of hydrogen-bond acceptors (Lipinski definition) is 5. The summed E-state index contributed by atoms with van der Waals surface area (Å²) in [5, 5.41) is 6.68. The van der Waals surface area contributed by atoms with Crippen LogP contribution in [0.4, 0.5) is 18.9 Å². The fraction of sp³-hybridized carbons (Fsp3) is 0.217. The topological polar surface area (TPSA) is 70.7 Å². The molecule has 3 heterocycles. The Labute approximate surface area is 318 Å². The highest BCUT2D eigenvalue weighted by molar-refractivity contribution is 6.16. The molecular formula is C46H40F3N3O3. The first kappa shape index (κ1) is 36.1. The number of nitrogens with zero attached hydrogens (tertiary/aromatic N) is 1. The lowest BCUT2D eigenvalue weighted by atomic mass is 9.55. The van der Waals surface area contributed by atoms with Crippen LogP contribution < -0.4 is 15.4 Å². The molecule has 6 nitrogen and oxygen atoms in total. The van der Waals surface area contributed by atoms with Crippen LogP contribution in [0.15, 0.2) is 139 Å². The largest absolute Gasteiger partial charge is 0.573 e. The van der Waals surface area contributed by atoms with Crippen LogP contribution >= 0.6 is 0 Å². The van der Waals surface area contributed by atoms with E-state index in [4.69, 9.17) is 0 Å². The van der Waals surface area contributed by atoms with E-state index in [-0.39, 0.29) is 24.4 Å². The van der Waals surface area contributed by atoms with E-state index in [1.807, 2.05) is 141 Å². The first-order valence-electron chi connectivity index (χ1n) is 18.3. The average Bonchev–Trinajstić information content (AvgIpc) is 3.61. The zero-order valence-electron chi connectivity index (χ0n) is 30.4. The number of Topliss-reactive ketones (excluding diaryl/α,β-unsaturated/α-hetero) is 1. The SMILES string of the molecule is Cc1ccc(/C=C2\CN(/C=C/c3ccccc3)C[C@]3(C2=O)[C@@H](c2ccc(C)cc2)[C@H](Cc2ccccc2)N[C@]32C(=O)Nc3ccc(OC(F)(F)F)cc32)cc1. The maximum atomic E-state index is 16.0. The number of piperidine rings is 1. The molecule has 0 aromatic heterocycles. The summed E-state index contributed by atoms with van der Waals surface area (Å²) in [5.74, 6) is -1.83. The van der Waals surface area contributed by atoms with Crippen LogP contribution in [-0.4, -0.2) is 42.1 Å². The summed E-state index contributed by atoms with van der Waals surface area (Å²) >= 11 is 0. The Kier molecular flexibility index (Phi) is 9.21. The molecular weight excluding hydrogens is 700 g/mol. The standard InChI is InChI=1S/C46H40F3N3O3/c1-30-13-17-34(18-14-30)25-36-28-52(24-23-32-9-5-3-6-10-32)29-44(42(36)53)41(35-19-15-31(2)16-20-35)40(26-33-11-7-4-8-12-33)51-45(44)38-27-37(55-46(47,48)49)21-22-39(38)50-43(45)54/h3-25,27,40-41,51H,26,28-29H2,1-2H3,(H,50,54)/b24-23+,36-25+/t40-,41-,44+,45+/m0/s1. The van der Waals surface area contributed by atoms with Crippen molar-refractivity contribution in [2.24, 2.45) is 5.41 Å². The third-order valence-corrected chi connectivity index (χ3v) is 11.2. The predicted octanol–water partition coefficient (Wildman–Crippen LogP) is 8.97. The second kappa shape index (κ2) is 14.0. The molecule has 1 amide bonds. The molecule has 2 spiro atoms. The number of halogens is 3. The number of anilines is 1. The first-order chi connectivity index (χ1) is 26.4. The molecule has 278 valence electrons. The van der Waals surface area contributed by atoms with Gasteiger partial charge in [0.25, 0.3) is 5.91 Å². The summed E-state index contributed by atoms with van der Waals surface area (Å²) in [6, 6.07) is 38.9. The van der Waals surface area contributed by atoms with Gasteiger partial charge in [0.05, 0.1) is 5.41 Å². The third kappa shape index (κ3) is 6.63. The summed E-state index contributed by atoms with van der Waals surface area (Å²) in [7, 11) is 0. The first-order valence-corrected chi connectivity index (χ1v) is 18.3. The van der Waals surface area contributed by atoms with Crippen LogP contribution in [-0.2, 0) is 21.5 Å². The van der Waals surface area contributed by atoms with Crippen molar-refractivity contribution in [2.75, 3.05) is 18.4 Å². The molecule has 2 N–H and O–H groups in total. The van der Waals surface area contributed by atoms with E-state index in [0.29, 0.717) is 17.7 Å². The minimum absolute atomic E-state index is 0.0917. The molecule has 9 heteroatoms. The van der Waals surface area contributed by atoms with Gasteiger partial charge in [0, 0.05) is 41.9 Å². The Bertz CT molecular complexity index is 2290. The molecule has 3 aliphatic rings. The van der Waals surface area contributed by atoms with Crippen LogP contribution in [0.3, 0.4) is 0 Å². The number of likely N-dealkylation sites (tertiary alicyclic amines) is 1. The Morgan fingerprint density at radius 2 is 1.47 bits per heavy atom. The predicted molar refractivity (Wildman–Crippen MR) is 208 cm³/mol. The van der Waals surface area contributed by atoms with E-state index in [2.05, 4.69) is 20.3 Å². The van der Waals surface area contributed by atoms with E-state index >= 15 is 9.59 Å². The second-order valence-corrected chi connectivity index (χ2v) is 14.8. The van der Waals surface area contributed by atoms with Gasteiger partial charge in [-0.1, -0.05) is 120 Å². The van der Waals surface area contributed by atoms with Gasteiger partial charge in [-0.2, -0.15) is 0 Å². The van der Waals surface area contributed by atoms with Crippen LogP contribution in [0.25, 0.3) is 12.2 Å². The van der Waals surface area contributed by atoms with Gasteiger partial charge in [0.15, 0.2) is 5.78 Å². The van der Waals surface area contributed by atoms with E-state index < -0.39 is 40.9 Å². The number of nitrogens with one attached hydrogen (secondary N) is 2. The van der Waals surface area contributed by atoms with E-state index in [0.717, 1.165) is 33.4 Å². The lowest BCUT2D eigenvalue weighted by molar-refractivity contribution is -0.274. The molecule has 0 bridgehead atoms. The highest BCUT2D eigenvalue weighted by atomic mass is 19.4. The molecule has 0 aliphatic carbocycles. The average molecular weight is 740 g/mol. The van der Waals surface area contributed by atoms with E-state index in [1.54, 1.807) is 0 Å². The van der Waals surface area contributed by atoms with Gasteiger partial charge < -0.3 is 15.0 Å². The monoisotopic (exact) mass is 739 g/mol. The van der Waals surface area contributed by atoms with Crippen LogP contribution in [0.5, 0.6) is 5.75 Å². The molecule has 55 heavy (non-hydrogen) atoms. The maximum Gasteiger partial charge on any atom is 0.573 e. The summed E-state index contributed by atoms with van der Waals surface area (Å²) < 4.78 is 45.6. The van der Waals surface area contributed by atoms with Gasteiger partial charge in [-0.15, -0.1) is 13.2 Å². The van der Waals surface area contributed by atoms with Crippen LogP contribution in [0, 0.1) is 19.3 Å². The smallest absolute Gasteiger partial charge is 0.406 e. The van der Waals surface area contributed by atoms with Crippen molar-refractivity contribution >= 4 is 29.5 Å². The summed E-state index contributed by atoms with van der Waals surface area (Å²) in [6.07, 6.45) is 1.28. The fourth-order valence-electron chi connectivity index (χ4n) is 8.85. The highest BCUT2D eigenvalue weighted by Crippen LogP contribution is 2.63. The minimum atomic E-state index is -4.97. The zero-order valence-corrected chi connectivity index (χ0v) is 30.4. The molecule has 2 saturated heterocycles. The quantitative estimate of drug-likeness (QED) is 0.163. The van der Waals surface area contributed by atoms with E-state index in [1.165, 1.54) is 18.2 Å². The van der Waals surface area contributed by atoms with E-state index in [9.17, 15) is 13.2 Å². The van der Waals surface area contributed by atoms with Gasteiger partial charge in [-0.05, 0) is 79.1 Å². The normalized spacial score (nSPS) is 24.2. The van der Waals surface area contributed by atoms with Crippen molar-refractivity contribution in [3.63, 3.8) is 0 Å². The van der Waals surface area contributed by atoms with Gasteiger partial charge in [0.1, 0.15) is 11.3 Å². The molecule has 0 radical (unpaired) electrons. The number of benzene rings is 5. The van der Waals surface area contributed by atoms with Gasteiger partial charge >= 0.3 is 6.36 Å². The number of aryl methyl sites for hydroxylation is 2. The maximum absolute atomic E-state index is 16.0. The van der Waals surface area contributed by atoms with Gasteiger partial charge in [-0.25, -0.2) is 0 Å². The molecule has 3 aliphatic heterocycles. The molecule has 2 fully saturated rings. The molecule has 5 aromatic carbocycles. The van der Waals surface area contributed by atoms with Crippen molar-refractivity contribution in [3.8, 4) is 5.75 Å². The minimum Gasteiger partial charge on any atom is -0.406 e. The Morgan fingerprint density at radius 1 is 0.818 bits per heavy atom. The van der Waals surface area contributed by atoms with Crippen LogP contribution in [0.2, 0.25) is 0 Å². The second-order valence-electron chi connectivity index (χ2n) is 14.8. The number of carbonyl (C=O) groups excluding carboxylic acids is 2. The van der Waals surface area contributed by atoms with Gasteiger partial charge in [0.2, 0.25) is 0 Å². The Balaban J connectivity index is 1.41. The summed E-state index contributed by atoms with van der Waals surface area (Å²) in [4.78, 5) is 33.1. The number of alkyl halides is 3. The molecule has 8 rings (SSSR count). The third-order valence-electron chi connectivity index (χ3n) is 11.2. The Hall–Kier alpha value is -5.93. The number of carbonyl (C=O) groups is 2. The summed E-state index contributed by atoms with van der Waals surface area (Å²) in [5.41, 5.74) is 3.37. The molecule has 0 unspecified atom stereocenters. The van der Waals surface area contributed by atoms with Crippen LogP contribution in [0.1, 0.15) is 44.9 Å².